The minimum Gasteiger partial charge on any atom is -0.296 e. The number of hydrogen-bond acceptors (Lipinski definition) is 2. The van der Waals surface area contributed by atoms with Crippen LogP contribution in [0.5, 0.6) is 0 Å². The SMILES string of the molecule is Fc1cccn2c(-c3cccc(C(F)(F)F)n3)cnc12. The van der Waals surface area contributed by atoms with Gasteiger partial charge in [0.05, 0.1) is 17.6 Å². The minimum absolute atomic E-state index is 0.0433. The second-order valence-electron chi connectivity index (χ2n) is 4.10. The highest BCUT2D eigenvalue weighted by molar-refractivity contribution is 5.60. The highest BCUT2D eigenvalue weighted by Gasteiger charge is 2.32. The standard InChI is InChI=1S/C13H7F4N3/c14-8-3-2-6-20-10(7-18-12(8)20)9-4-1-5-11(19-9)13(15,16)17/h1-7H. The molecule has 0 saturated carbocycles. The Bertz CT molecular complexity index is 777. The fourth-order valence-corrected chi connectivity index (χ4v) is 1.90. The third-order valence-electron chi connectivity index (χ3n) is 2.79. The van der Waals surface area contributed by atoms with Gasteiger partial charge in [-0.05, 0) is 24.3 Å². The summed E-state index contributed by atoms with van der Waals surface area (Å²) in [5, 5.41) is 0. The molecule has 0 aliphatic heterocycles. The van der Waals surface area contributed by atoms with Gasteiger partial charge in [-0.25, -0.2) is 14.4 Å². The lowest BCUT2D eigenvalue weighted by atomic mass is 10.2. The number of nitrogens with zero attached hydrogens (tertiary/aromatic N) is 3. The molecule has 0 aromatic carbocycles. The quantitative estimate of drug-likeness (QED) is 0.638. The van der Waals surface area contributed by atoms with Gasteiger partial charge in [0.1, 0.15) is 5.69 Å². The van der Waals surface area contributed by atoms with Gasteiger partial charge in [-0.1, -0.05) is 6.07 Å². The Hall–Kier alpha value is -2.44. The smallest absolute Gasteiger partial charge is 0.296 e. The average molecular weight is 281 g/mol. The Balaban J connectivity index is 2.19. The van der Waals surface area contributed by atoms with Crippen molar-refractivity contribution in [2.45, 2.75) is 6.18 Å². The first-order chi connectivity index (χ1) is 9.47. The van der Waals surface area contributed by atoms with Gasteiger partial charge >= 0.3 is 6.18 Å². The lowest BCUT2D eigenvalue weighted by molar-refractivity contribution is -0.141. The third kappa shape index (κ3) is 2.01. The average Bonchev–Trinajstić information content (AvgIpc) is 2.83. The molecule has 0 spiro atoms. The molecule has 20 heavy (non-hydrogen) atoms. The van der Waals surface area contributed by atoms with Gasteiger partial charge in [0.2, 0.25) is 0 Å². The summed E-state index contributed by atoms with van der Waals surface area (Å²) in [4.78, 5) is 7.41. The van der Waals surface area contributed by atoms with E-state index in [1.807, 2.05) is 0 Å². The van der Waals surface area contributed by atoms with Crippen LogP contribution in [0.4, 0.5) is 17.6 Å². The molecule has 0 bridgehead atoms. The zero-order chi connectivity index (χ0) is 14.3. The van der Waals surface area contributed by atoms with Gasteiger partial charge in [0.15, 0.2) is 11.5 Å². The molecular formula is C13H7F4N3. The van der Waals surface area contributed by atoms with Crippen molar-refractivity contribution in [1.82, 2.24) is 14.4 Å². The van der Waals surface area contributed by atoms with E-state index in [2.05, 4.69) is 9.97 Å². The molecule has 3 aromatic rings. The van der Waals surface area contributed by atoms with Crippen LogP contribution in [0.3, 0.4) is 0 Å². The van der Waals surface area contributed by atoms with E-state index in [4.69, 9.17) is 0 Å². The summed E-state index contributed by atoms with van der Waals surface area (Å²) in [6, 6.07) is 6.23. The minimum atomic E-state index is -4.53. The lowest BCUT2D eigenvalue weighted by Gasteiger charge is -2.07. The Morgan fingerprint density at radius 2 is 1.85 bits per heavy atom. The molecule has 3 rings (SSSR count). The second-order valence-corrected chi connectivity index (χ2v) is 4.10. The van der Waals surface area contributed by atoms with Crippen LogP contribution in [0, 0.1) is 5.82 Å². The van der Waals surface area contributed by atoms with E-state index in [0.717, 1.165) is 6.07 Å². The van der Waals surface area contributed by atoms with Crippen LogP contribution in [0.1, 0.15) is 5.69 Å². The van der Waals surface area contributed by atoms with Gasteiger partial charge in [0.25, 0.3) is 0 Å². The maximum absolute atomic E-state index is 13.5. The van der Waals surface area contributed by atoms with Crippen molar-refractivity contribution in [2.75, 3.05) is 0 Å². The number of alkyl halides is 3. The van der Waals surface area contributed by atoms with Gasteiger partial charge in [0, 0.05) is 6.20 Å². The van der Waals surface area contributed by atoms with Crippen molar-refractivity contribution < 1.29 is 17.6 Å². The molecule has 0 radical (unpaired) electrons. The predicted octanol–water partition coefficient (Wildman–Crippen LogP) is 3.55. The third-order valence-corrected chi connectivity index (χ3v) is 2.79. The van der Waals surface area contributed by atoms with E-state index in [1.54, 1.807) is 0 Å². The van der Waals surface area contributed by atoms with Crippen LogP contribution < -0.4 is 0 Å². The van der Waals surface area contributed by atoms with Crippen LogP contribution in [0.2, 0.25) is 0 Å². The number of aromatic nitrogens is 3. The molecule has 0 unspecified atom stereocenters. The molecule has 0 atom stereocenters. The van der Waals surface area contributed by atoms with Gasteiger partial charge in [-0.2, -0.15) is 13.2 Å². The largest absolute Gasteiger partial charge is 0.433 e. The van der Waals surface area contributed by atoms with Gasteiger partial charge in [-0.3, -0.25) is 4.40 Å². The Morgan fingerprint density at radius 3 is 2.60 bits per heavy atom. The molecule has 0 aliphatic carbocycles. The van der Waals surface area contributed by atoms with Crippen molar-refractivity contribution in [1.29, 1.82) is 0 Å². The maximum atomic E-state index is 13.5. The second kappa shape index (κ2) is 4.29. The number of imidazole rings is 1. The van der Waals surface area contributed by atoms with E-state index >= 15 is 0 Å². The van der Waals surface area contributed by atoms with Crippen molar-refractivity contribution >= 4 is 5.65 Å². The summed E-state index contributed by atoms with van der Waals surface area (Å²) in [5.74, 6) is -0.550. The van der Waals surface area contributed by atoms with Crippen molar-refractivity contribution in [3.8, 4) is 11.4 Å². The molecule has 3 aromatic heterocycles. The molecule has 0 N–H and O–H groups in total. The Labute approximate surface area is 110 Å². The van der Waals surface area contributed by atoms with E-state index in [0.29, 0.717) is 5.69 Å². The number of halogens is 4. The van der Waals surface area contributed by atoms with Crippen molar-refractivity contribution in [3.05, 3.63) is 54.2 Å². The molecule has 7 heteroatoms. The van der Waals surface area contributed by atoms with Gasteiger partial charge < -0.3 is 0 Å². The Morgan fingerprint density at radius 1 is 1.05 bits per heavy atom. The van der Waals surface area contributed by atoms with Crippen molar-refractivity contribution in [3.63, 3.8) is 0 Å². The lowest BCUT2D eigenvalue weighted by Crippen LogP contribution is -2.08. The summed E-state index contributed by atoms with van der Waals surface area (Å²) in [5.41, 5.74) is -0.577. The van der Waals surface area contributed by atoms with Crippen LogP contribution >= 0.6 is 0 Å². The Kier molecular flexibility index (Phi) is 2.70. The van der Waals surface area contributed by atoms with E-state index in [-0.39, 0.29) is 11.3 Å². The summed E-state index contributed by atoms with van der Waals surface area (Å²) >= 11 is 0. The zero-order valence-corrected chi connectivity index (χ0v) is 9.89. The molecule has 3 nitrogen and oxygen atoms in total. The number of rotatable bonds is 1. The van der Waals surface area contributed by atoms with Crippen LogP contribution in [0.15, 0.2) is 42.7 Å². The molecule has 102 valence electrons. The molecule has 0 aliphatic rings. The normalized spacial score (nSPS) is 12.0. The molecule has 0 fully saturated rings. The van der Waals surface area contributed by atoms with Crippen molar-refractivity contribution in [2.24, 2.45) is 0 Å². The summed E-state index contributed by atoms with van der Waals surface area (Å²) < 4.78 is 52.8. The van der Waals surface area contributed by atoms with Crippen LogP contribution in [-0.2, 0) is 6.18 Å². The molecule has 0 saturated heterocycles. The first kappa shape index (κ1) is 12.6. The molecule has 3 heterocycles. The summed E-state index contributed by atoms with van der Waals surface area (Å²) in [6.45, 7) is 0. The first-order valence-electron chi connectivity index (χ1n) is 5.63. The van der Waals surface area contributed by atoms with E-state index in [9.17, 15) is 17.6 Å². The highest BCUT2D eigenvalue weighted by atomic mass is 19.4. The fourth-order valence-electron chi connectivity index (χ4n) is 1.90. The van der Waals surface area contributed by atoms with E-state index < -0.39 is 17.7 Å². The monoisotopic (exact) mass is 281 g/mol. The topological polar surface area (TPSA) is 30.2 Å². The number of hydrogen-bond donors (Lipinski definition) is 0. The highest BCUT2D eigenvalue weighted by Crippen LogP contribution is 2.29. The summed E-state index contributed by atoms with van der Waals surface area (Å²) in [6.07, 6.45) is -1.72. The van der Waals surface area contributed by atoms with Gasteiger partial charge in [-0.15, -0.1) is 0 Å². The van der Waals surface area contributed by atoms with Crippen LogP contribution in [-0.4, -0.2) is 14.4 Å². The number of pyridine rings is 2. The van der Waals surface area contributed by atoms with E-state index in [1.165, 1.54) is 41.1 Å². The van der Waals surface area contributed by atoms with Crippen LogP contribution in [0.25, 0.3) is 17.0 Å². The molecular weight excluding hydrogens is 274 g/mol. The molecule has 0 amide bonds. The first-order valence-corrected chi connectivity index (χ1v) is 5.63. The predicted molar refractivity (Wildman–Crippen MR) is 63.4 cm³/mol. The zero-order valence-electron chi connectivity index (χ0n) is 9.89. The summed E-state index contributed by atoms with van der Waals surface area (Å²) in [7, 11) is 0. The fraction of sp³-hybridized carbons (Fsp3) is 0.0769. The maximum Gasteiger partial charge on any atom is 0.433 e. The number of fused-ring (bicyclic) bond motifs is 1.